The molecule has 0 saturated carbocycles. The minimum atomic E-state index is -1.85. The van der Waals surface area contributed by atoms with E-state index in [1.54, 1.807) is 24.3 Å². The Hall–Kier alpha value is -3.68. The Morgan fingerprint density at radius 1 is 0.509 bits per heavy atom. The second-order valence-corrected chi connectivity index (χ2v) is 32.9. The highest BCUT2D eigenvalue weighted by Crippen LogP contribution is 2.40. The molecule has 4 rings (SSSR count). The number of benzene rings is 4. The molecule has 0 fully saturated rings. The third kappa shape index (κ3) is 16.2. The van der Waals surface area contributed by atoms with Gasteiger partial charge in [-0.05, 0) is 90.8 Å². The Balaban J connectivity index is 0.000000387. The molecule has 2 N–H and O–H groups in total. The van der Waals surface area contributed by atoms with Gasteiger partial charge >= 0.3 is 0 Å². The number of carbonyl (C=O) groups excluding carboxylic acids is 2. The molecule has 0 atom stereocenters. The van der Waals surface area contributed by atoms with Gasteiger partial charge in [-0.1, -0.05) is 123 Å². The van der Waals surface area contributed by atoms with E-state index >= 15 is 0 Å². The number of hydrogen-bond donors (Lipinski definition) is 2. The van der Waals surface area contributed by atoms with Crippen molar-refractivity contribution in [2.45, 2.75) is 129 Å². The molecule has 0 aliphatic heterocycles. The molecule has 314 valence electrons. The van der Waals surface area contributed by atoms with Crippen LogP contribution in [0.5, 0.6) is 23.0 Å². The van der Waals surface area contributed by atoms with Gasteiger partial charge in [0.05, 0.1) is 23.6 Å². The van der Waals surface area contributed by atoms with Gasteiger partial charge in [0.25, 0.3) is 8.32 Å². The van der Waals surface area contributed by atoms with E-state index in [0.29, 0.717) is 29.0 Å². The molecular formula is C46H69ClO7Si3. The highest BCUT2D eigenvalue weighted by atomic mass is 35.5. The number of aldehydes is 2. The van der Waals surface area contributed by atoms with Crippen LogP contribution in [0.25, 0.3) is 0 Å². The van der Waals surface area contributed by atoms with Crippen molar-refractivity contribution in [1.82, 2.24) is 0 Å². The Labute approximate surface area is 352 Å². The summed E-state index contributed by atoms with van der Waals surface area (Å²) in [6.07, 6.45) is 1.47. The van der Waals surface area contributed by atoms with Gasteiger partial charge in [-0.25, -0.2) is 0 Å². The lowest BCUT2D eigenvalue weighted by Gasteiger charge is -2.37. The van der Waals surface area contributed by atoms with Gasteiger partial charge in [0.1, 0.15) is 23.0 Å². The second kappa shape index (κ2) is 21.9. The Morgan fingerprint density at radius 3 is 1.18 bits per heavy atom. The average molecular weight is 854 g/mol. The minimum Gasteiger partial charge on any atom is -0.543 e. The van der Waals surface area contributed by atoms with Crippen LogP contribution in [-0.4, -0.2) is 47.7 Å². The zero-order chi connectivity index (χ0) is 43.9. The summed E-state index contributed by atoms with van der Waals surface area (Å²) in [6, 6.07) is 29.5. The van der Waals surface area contributed by atoms with E-state index in [1.807, 2.05) is 66.7 Å². The molecule has 0 aromatic heterocycles. The van der Waals surface area contributed by atoms with Gasteiger partial charge in [-0.15, -0.1) is 11.6 Å². The molecule has 0 spiro atoms. The summed E-state index contributed by atoms with van der Waals surface area (Å²) >= 11 is 5.91. The van der Waals surface area contributed by atoms with Crippen molar-refractivity contribution < 1.29 is 33.1 Å². The van der Waals surface area contributed by atoms with Crippen LogP contribution in [0.4, 0.5) is 0 Å². The zero-order valence-electron chi connectivity index (χ0n) is 37.1. The number of hydrogen-bond acceptors (Lipinski definition) is 7. The van der Waals surface area contributed by atoms with E-state index in [2.05, 4.69) is 102 Å². The number of aliphatic hydroxyl groups is 1. The minimum absolute atomic E-state index is 0.0325. The third-order valence-electron chi connectivity index (χ3n) is 10.9. The molecule has 7 nitrogen and oxygen atoms in total. The molecule has 0 amide bonds. The number of rotatable bonds is 10. The van der Waals surface area contributed by atoms with Gasteiger partial charge in [0, 0.05) is 11.1 Å². The van der Waals surface area contributed by atoms with Crippen molar-refractivity contribution in [1.29, 1.82) is 0 Å². The van der Waals surface area contributed by atoms with Crippen molar-refractivity contribution in [3.8, 4) is 23.0 Å². The van der Waals surface area contributed by atoms with E-state index in [9.17, 15) is 14.7 Å². The summed E-state index contributed by atoms with van der Waals surface area (Å²) in [6.45, 7) is 33.2. The van der Waals surface area contributed by atoms with Crippen LogP contribution in [0.15, 0.2) is 97.1 Å². The lowest BCUT2D eigenvalue weighted by Crippen LogP contribution is -2.44. The van der Waals surface area contributed by atoms with E-state index in [1.165, 1.54) is 6.07 Å². The number of alkyl halides is 1. The zero-order valence-corrected chi connectivity index (χ0v) is 40.9. The topological polar surface area (TPSA) is 102 Å². The first-order valence-electron chi connectivity index (χ1n) is 19.3. The Bertz CT molecular complexity index is 1770. The summed E-state index contributed by atoms with van der Waals surface area (Å²) in [5, 5.41) is 18.7. The number of carbonyl (C=O) groups is 2. The molecule has 0 aliphatic carbocycles. The molecule has 0 radical (unpaired) electrons. The number of phenolic OH excluding ortho intramolecular Hbond substituents is 1. The summed E-state index contributed by atoms with van der Waals surface area (Å²) in [4.78, 5) is 21.0. The van der Waals surface area contributed by atoms with Gasteiger partial charge < -0.3 is 23.5 Å². The maximum absolute atomic E-state index is 10.9. The van der Waals surface area contributed by atoms with Crippen LogP contribution in [0.2, 0.25) is 54.4 Å². The number of aromatic hydroxyl groups is 1. The monoisotopic (exact) mass is 852 g/mol. The summed E-state index contributed by atoms with van der Waals surface area (Å²) in [5.41, 5.74) is 2.91. The molecule has 57 heavy (non-hydrogen) atoms. The first-order chi connectivity index (χ1) is 26.2. The van der Waals surface area contributed by atoms with Crippen LogP contribution in [-0.2, 0) is 12.5 Å². The first-order valence-corrected chi connectivity index (χ1v) is 28.6. The fourth-order valence-electron chi connectivity index (χ4n) is 3.99. The lowest BCUT2D eigenvalue weighted by atomic mass is 10.2. The normalized spacial score (nSPS) is 11.9. The van der Waals surface area contributed by atoms with Crippen molar-refractivity contribution in [2.24, 2.45) is 0 Å². The number of para-hydroxylation sites is 4. The molecule has 4 aromatic rings. The maximum Gasteiger partial charge on any atom is 0.250 e. The van der Waals surface area contributed by atoms with E-state index in [0.717, 1.165) is 28.9 Å². The highest BCUT2D eigenvalue weighted by Gasteiger charge is 2.41. The van der Waals surface area contributed by atoms with E-state index in [-0.39, 0.29) is 27.5 Å². The molecule has 0 bridgehead atoms. The number of halogens is 1. The number of phenols is 1. The molecule has 0 unspecified atom stereocenters. The molecular weight excluding hydrogens is 784 g/mol. The largest absolute Gasteiger partial charge is 0.543 e. The Morgan fingerprint density at radius 2 is 0.825 bits per heavy atom. The van der Waals surface area contributed by atoms with Gasteiger partial charge in [0.2, 0.25) is 16.6 Å². The number of aliphatic hydroxyl groups excluding tert-OH is 1. The fourth-order valence-corrected chi connectivity index (χ4v) is 7.36. The molecule has 11 heteroatoms. The predicted molar refractivity (Wildman–Crippen MR) is 247 cm³/mol. The van der Waals surface area contributed by atoms with E-state index < -0.39 is 25.0 Å². The van der Waals surface area contributed by atoms with Crippen molar-refractivity contribution in [2.75, 3.05) is 0 Å². The highest BCUT2D eigenvalue weighted by molar-refractivity contribution is 6.75. The smallest absolute Gasteiger partial charge is 0.250 e. The average Bonchev–Trinajstić information content (AvgIpc) is 3.11. The molecule has 0 heterocycles. The predicted octanol–water partition coefficient (Wildman–Crippen LogP) is 13.5. The SMILES string of the molecule is CC(C)(C)[Si](C)(C)Oc1ccccc1C=O.CC(C)(C)[Si](C)(C)Oc1ccccc1CCl.CC(C)(C)[Si](C)(C)Oc1ccccc1CO.O=Cc1ccccc1O. The van der Waals surface area contributed by atoms with Gasteiger partial charge in [-0.3, -0.25) is 9.59 Å². The van der Waals surface area contributed by atoms with E-state index in [4.69, 9.17) is 30.0 Å². The fraction of sp³-hybridized carbons (Fsp3) is 0.435. The van der Waals surface area contributed by atoms with Gasteiger partial charge in [-0.2, -0.15) is 0 Å². The quantitative estimate of drug-likeness (QED) is 0.0930. The molecule has 0 aliphatic rings. The Kier molecular flexibility index (Phi) is 19.7. The van der Waals surface area contributed by atoms with Crippen LogP contribution in [0.1, 0.15) is 94.2 Å². The maximum atomic E-state index is 10.9. The lowest BCUT2D eigenvalue weighted by molar-refractivity contribution is 0.111. The van der Waals surface area contributed by atoms with Gasteiger partial charge in [0.15, 0.2) is 12.6 Å². The van der Waals surface area contributed by atoms with Crippen LogP contribution in [0, 0.1) is 0 Å². The summed E-state index contributed by atoms with van der Waals surface area (Å²) in [7, 11) is -5.41. The van der Waals surface area contributed by atoms with Crippen molar-refractivity contribution in [3.63, 3.8) is 0 Å². The van der Waals surface area contributed by atoms with Crippen LogP contribution >= 0.6 is 11.6 Å². The second-order valence-electron chi connectivity index (χ2n) is 18.4. The first kappa shape index (κ1) is 51.3. The summed E-state index contributed by atoms with van der Waals surface area (Å²) in [5.74, 6) is 3.03. The van der Waals surface area contributed by atoms with Crippen LogP contribution in [0.3, 0.4) is 0 Å². The van der Waals surface area contributed by atoms with Crippen molar-refractivity contribution in [3.05, 3.63) is 119 Å². The molecule has 0 saturated heterocycles. The molecule has 4 aromatic carbocycles. The standard InChI is InChI=1S/C13H21ClOSi.C13H22O2Si.C13H20O2Si.C7H6O2/c3*1-13(2,3)16(4,5)15-12-9-7-6-8-11(12)10-14;8-5-6-3-1-2-4-7(6)9/h6-9H,10H2,1-5H3;6-9,14H,10H2,1-5H3;6-10H,1-5H3;1-5,9H. The van der Waals surface area contributed by atoms with Crippen LogP contribution < -0.4 is 13.3 Å². The third-order valence-corrected chi connectivity index (χ3v) is 24.2. The van der Waals surface area contributed by atoms with Crippen molar-refractivity contribution >= 4 is 49.1 Å². The summed E-state index contributed by atoms with van der Waals surface area (Å²) < 4.78 is 18.5.